The molecule has 0 amide bonds. The number of halogens is 2. The third-order valence-electron chi connectivity index (χ3n) is 5.56. The lowest BCUT2D eigenvalue weighted by Crippen LogP contribution is -2.11. The fourth-order valence-electron chi connectivity index (χ4n) is 3.85. The Hall–Kier alpha value is -5.05. The monoisotopic (exact) mass is 517 g/mol. The summed E-state index contributed by atoms with van der Waals surface area (Å²) < 4.78 is 43.7. The molecule has 0 atom stereocenters. The van der Waals surface area contributed by atoms with E-state index in [1.165, 1.54) is 6.07 Å². The molecule has 0 fully saturated rings. The van der Waals surface area contributed by atoms with Crippen LogP contribution in [0.1, 0.15) is 23.9 Å². The number of pyridine rings is 1. The maximum atomic E-state index is 13.0. The molecule has 2 aromatic carbocycles. The fraction of sp³-hybridized carbons (Fsp3) is 0.192. The lowest BCUT2D eigenvalue weighted by Gasteiger charge is -2.14. The number of nitriles is 1. The molecule has 12 heteroatoms. The molecule has 0 aliphatic rings. The Balaban J connectivity index is 1.40. The average molecular weight is 517 g/mol. The second kappa shape index (κ2) is 10.9. The molecule has 0 unspecified atom stereocenters. The molecule has 3 heterocycles. The molecule has 0 bridgehead atoms. The number of para-hydroxylation sites is 1. The van der Waals surface area contributed by atoms with Gasteiger partial charge in [-0.05, 0) is 43.3 Å². The third kappa shape index (κ3) is 5.36. The van der Waals surface area contributed by atoms with Gasteiger partial charge in [-0.2, -0.15) is 19.0 Å². The second-order valence-corrected chi connectivity index (χ2v) is 7.98. The number of aromatic nitrogens is 6. The summed E-state index contributed by atoms with van der Waals surface area (Å²) in [6.07, 6.45) is 1.55. The first-order chi connectivity index (χ1) is 18.5. The number of fused-ring (bicyclic) bond motifs is 1. The molecule has 0 saturated heterocycles. The largest absolute Gasteiger partial charge is 0.484 e. The number of imidazole rings is 1. The highest BCUT2D eigenvalue weighted by molar-refractivity contribution is 5.78. The average Bonchev–Trinajstić information content (AvgIpc) is 3.53. The highest BCUT2D eigenvalue weighted by Crippen LogP contribution is 2.26. The minimum absolute atomic E-state index is 0.0618. The van der Waals surface area contributed by atoms with E-state index in [4.69, 9.17) is 14.2 Å². The second-order valence-electron chi connectivity index (χ2n) is 7.98. The highest BCUT2D eigenvalue weighted by Gasteiger charge is 2.16. The summed E-state index contributed by atoms with van der Waals surface area (Å²) in [6.45, 7) is -0.427. The maximum absolute atomic E-state index is 13.0. The zero-order chi connectivity index (χ0) is 26.5. The number of alkyl halides is 2. The number of nitrogens with one attached hydrogen (secondary N) is 1. The van der Waals surface area contributed by atoms with Crippen LogP contribution in [0.2, 0.25) is 0 Å². The fourth-order valence-corrected chi connectivity index (χ4v) is 3.85. The Labute approximate surface area is 215 Å². The molecule has 192 valence electrons. The van der Waals surface area contributed by atoms with Crippen molar-refractivity contribution in [3.05, 3.63) is 77.7 Å². The number of ether oxygens (including phenoxy) is 3. The molecule has 38 heavy (non-hydrogen) atoms. The molecule has 0 saturated carbocycles. The first-order valence-electron chi connectivity index (χ1n) is 11.6. The van der Waals surface area contributed by atoms with Gasteiger partial charge in [0.05, 0.1) is 42.0 Å². The molecular weight excluding hydrogens is 496 g/mol. The molecule has 5 rings (SSSR count). The first kappa shape index (κ1) is 24.6. The van der Waals surface area contributed by atoms with E-state index in [-0.39, 0.29) is 24.9 Å². The molecule has 3 aromatic heterocycles. The standard InChI is InChI=1S/C26H21F2N7O3/c1-2-36-26-32-24(33-34-26)20-10-8-18(13-30-20)37-15-23-31-19-9-7-16(12-29)11-21(19)35(23)14-17-5-3-4-6-22(17)38-25(27)28/h3-11,13,25H,2,14-15H2,1H3,(H,32,33,34). The summed E-state index contributed by atoms with van der Waals surface area (Å²) in [5, 5.41) is 16.1. The number of rotatable bonds is 10. The molecule has 0 aliphatic carbocycles. The van der Waals surface area contributed by atoms with Crippen molar-refractivity contribution in [2.75, 3.05) is 6.61 Å². The van der Waals surface area contributed by atoms with Crippen LogP contribution in [-0.4, -0.2) is 42.9 Å². The Morgan fingerprint density at radius 1 is 1.08 bits per heavy atom. The maximum Gasteiger partial charge on any atom is 0.387 e. The van der Waals surface area contributed by atoms with Gasteiger partial charge >= 0.3 is 12.6 Å². The van der Waals surface area contributed by atoms with Gasteiger partial charge in [-0.25, -0.2) is 9.97 Å². The van der Waals surface area contributed by atoms with Gasteiger partial charge in [0, 0.05) is 5.56 Å². The summed E-state index contributed by atoms with van der Waals surface area (Å²) in [5.41, 5.74) is 2.84. The van der Waals surface area contributed by atoms with Crippen molar-refractivity contribution in [3.63, 3.8) is 0 Å². The lowest BCUT2D eigenvalue weighted by molar-refractivity contribution is -0.0504. The molecule has 10 nitrogen and oxygen atoms in total. The molecule has 1 N–H and O–H groups in total. The van der Waals surface area contributed by atoms with E-state index in [2.05, 4.69) is 31.2 Å². The van der Waals surface area contributed by atoms with E-state index in [0.717, 1.165) is 0 Å². The summed E-state index contributed by atoms with van der Waals surface area (Å²) in [6, 6.07) is 17.5. The third-order valence-corrected chi connectivity index (χ3v) is 5.56. The normalized spacial score (nSPS) is 11.0. The number of benzene rings is 2. The van der Waals surface area contributed by atoms with Crippen molar-refractivity contribution in [3.8, 4) is 35.1 Å². The van der Waals surface area contributed by atoms with Crippen molar-refractivity contribution >= 4 is 11.0 Å². The summed E-state index contributed by atoms with van der Waals surface area (Å²) in [7, 11) is 0. The number of hydrogen-bond acceptors (Lipinski definition) is 8. The van der Waals surface area contributed by atoms with Crippen LogP contribution >= 0.6 is 0 Å². The van der Waals surface area contributed by atoms with Gasteiger partial charge < -0.3 is 18.8 Å². The Bertz CT molecular complexity index is 1590. The number of hydrogen-bond donors (Lipinski definition) is 1. The minimum Gasteiger partial charge on any atom is -0.484 e. The van der Waals surface area contributed by atoms with E-state index >= 15 is 0 Å². The van der Waals surface area contributed by atoms with E-state index in [0.29, 0.717) is 51.9 Å². The van der Waals surface area contributed by atoms with E-state index in [9.17, 15) is 14.0 Å². The predicted octanol–water partition coefficient (Wildman–Crippen LogP) is 4.72. The summed E-state index contributed by atoms with van der Waals surface area (Å²) in [4.78, 5) is 13.2. The van der Waals surface area contributed by atoms with Crippen LogP contribution in [0.5, 0.6) is 17.5 Å². The van der Waals surface area contributed by atoms with Gasteiger partial charge in [0.25, 0.3) is 0 Å². The van der Waals surface area contributed by atoms with Gasteiger partial charge in [0.1, 0.15) is 29.6 Å². The van der Waals surface area contributed by atoms with E-state index in [1.54, 1.807) is 54.7 Å². The van der Waals surface area contributed by atoms with Crippen LogP contribution in [-0.2, 0) is 13.2 Å². The zero-order valence-electron chi connectivity index (χ0n) is 20.1. The van der Waals surface area contributed by atoms with Crippen LogP contribution in [0, 0.1) is 11.3 Å². The first-order valence-corrected chi connectivity index (χ1v) is 11.6. The van der Waals surface area contributed by atoms with E-state index < -0.39 is 6.61 Å². The highest BCUT2D eigenvalue weighted by atomic mass is 19.3. The number of H-pyrrole nitrogens is 1. The Morgan fingerprint density at radius 2 is 1.95 bits per heavy atom. The molecule has 0 spiro atoms. The van der Waals surface area contributed by atoms with Gasteiger partial charge in [-0.3, -0.25) is 5.10 Å². The Morgan fingerprint density at radius 3 is 2.71 bits per heavy atom. The SMILES string of the molecule is CCOc1n[nH]c(-c2ccc(OCc3nc4ccc(C#N)cc4n3Cc3ccccc3OC(F)F)cn2)n1. The van der Waals surface area contributed by atoms with Crippen LogP contribution in [0.25, 0.3) is 22.6 Å². The smallest absolute Gasteiger partial charge is 0.387 e. The molecular formula is C26H21F2N7O3. The Kier molecular flexibility index (Phi) is 7.08. The van der Waals surface area contributed by atoms with Crippen molar-refractivity contribution in [1.29, 1.82) is 5.26 Å². The zero-order valence-corrected chi connectivity index (χ0v) is 20.1. The van der Waals surface area contributed by atoms with Gasteiger partial charge in [-0.15, -0.1) is 5.10 Å². The van der Waals surface area contributed by atoms with Gasteiger partial charge in [0.15, 0.2) is 5.82 Å². The van der Waals surface area contributed by atoms with Crippen LogP contribution in [0.4, 0.5) is 8.78 Å². The van der Waals surface area contributed by atoms with Gasteiger partial charge in [-0.1, -0.05) is 18.2 Å². The summed E-state index contributed by atoms with van der Waals surface area (Å²) >= 11 is 0. The topological polar surface area (TPSA) is 124 Å². The van der Waals surface area contributed by atoms with Crippen molar-refractivity contribution in [1.82, 2.24) is 29.7 Å². The van der Waals surface area contributed by atoms with Crippen LogP contribution < -0.4 is 14.2 Å². The predicted molar refractivity (Wildman–Crippen MR) is 132 cm³/mol. The molecule has 0 aliphatic heterocycles. The van der Waals surface area contributed by atoms with Gasteiger partial charge in [0.2, 0.25) is 0 Å². The van der Waals surface area contributed by atoms with Crippen LogP contribution in [0.15, 0.2) is 60.8 Å². The quantitative estimate of drug-likeness (QED) is 0.282. The van der Waals surface area contributed by atoms with Crippen molar-refractivity contribution in [2.45, 2.75) is 26.7 Å². The lowest BCUT2D eigenvalue weighted by atomic mass is 10.2. The molecule has 5 aromatic rings. The summed E-state index contributed by atoms with van der Waals surface area (Å²) in [5.74, 6) is 1.53. The number of nitrogens with zero attached hydrogens (tertiary/aromatic N) is 6. The number of aromatic amines is 1. The van der Waals surface area contributed by atoms with Crippen molar-refractivity contribution < 1.29 is 23.0 Å². The van der Waals surface area contributed by atoms with E-state index in [1.807, 2.05) is 11.5 Å². The minimum atomic E-state index is -2.96. The molecule has 0 radical (unpaired) electrons. The van der Waals surface area contributed by atoms with Crippen LogP contribution in [0.3, 0.4) is 0 Å². The van der Waals surface area contributed by atoms with Crippen molar-refractivity contribution in [2.24, 2.45) is 0 Å².